The van der Waals surface area contributed by atoms with E-state index in [0.717, 1.165) is 5.56 Å². The Labute approximate surface area is 129 Å². The summed E-state index contributed by atoms with van der Waals surface area (Å²) in [5, 5.41) is 12.7. The van der Waals surface area contributed by atoms with Crippen LogP contribution in [0.15, 0.2) is 12.1 Å². The summed E-state index contributed by atoms with van der Waals surface area (Å²) in [4.78, 5) is 10.8. The second-order valence-corrected chi connectivity index (χ2v) is 5.09. The highest BCUT2D eigenvalue weighted by Gasteiger charge is 2.13. The molecular formula is C14H21ClN2O4. The number of aliphatic hydroxyl groups is 1. The van der Waals surface area contributed by atoms with Crippen LogP contribution in [0.5, 0.6) is 11.5 Å². The third-order valence-electron chi connectivity index (χ3n) is 2.72. The van der Waals surface area contributed by atoms with Gasteiger partial charge in [0.2, 0.25) is 0 Å². The first-order chi connectivity index (χ1) is 9.93. The molecule has 1 amide bonds. The normalized spacial score (nSPS) is 12.0. The summed E-state index contributed by atoms with van der Waals surface area (Å²) in [6.07, 6.45) is 0.338. The maximum Gasteiger partial charge on any atom is 0.255 e. The fourth-order valence-electron chi connectivity index (χ4n) is 1.70. The minimum Gasteiger partial charge on any atom is -0.493 e. The van der Waals surface area contributed by atoms with Crippen LogP contribution in [0.4, 0.5) is 0 Å². The fraction of sp³-hybridized carbons (Fsp3) is 0.500. The average Bonchev–Trinajstić information content (AvgIpc) is 2.41. The Morgan fingerprint density at radius 2 is 2.24 bits per heavy atom. The standard InChI is InChI=1S/C14H21ClN2O4/c1-9(18)3-4-17-7-10-5-11(15)14(12(6-10)20-2)21-8-13(16)19/h5-6,9,17-18H,3-4,7-8H2,1-2H3,(H2,16,19). The maximum atomic E-state index is 10.8. The SMILES string of the molecule is COc1cc(CNCCC(C)O)cc(Cl)c1OCC(N)=O. The van der Waals surface area contributed by atoms with Gasteiger partial charge in [0.1, 0.15) is 0 Å². The van der Waals surface area contributed by atoms with Crippen LogP contribution < -0.4 is 20.5 Å². The first kappa shape index (κ1) is 17.6. The van der Waals surface area contributed by atoms with Crippen LogP contribution in [0, 0.1) is 0 Å². The third kappa shape index (κ3) is 6.20. The number of carbonyl (C=O) groups is 1. The van der Waals surface area contributed by atoms with Gasteiger partial charge in [0.15, 0.2) is 18.1 Å². The van der Waals surface area contributed by atoms with Crippen LogP contribution in [-0.4, -0.2) is 37.4 Å². The molecule has 7 heteroatoms. The molecule has 0 fully saturated rings. The zero-order valence-corrected chi connectivity index (χ0v) is 12.9. The molecule has 0 saturated heterocycles. The molecule has 1 atom stereocenters. The molecule has 0 radical (unpaired) electrons. The van der Waals surface area contributed by atoms with Gasteiger partial charge in [-0.1, -0.05) is 11.6 Å². The number of aliphatic hydroxyl groups excluding tert-OH is 1. The van der Waals surface area contributed by atoms with E-state index in [1.54, 1.807) is 19.1 Å². The lowest BCUT2D eigenvalue weighted by Gasteiger charge is -2.14. The predicted molar refractivity (Wildman–Crippen MR) is 80.7 cm³/mol. The highest BCUT2D eigenvalue weighted by atomic mass is 35.5. The number of hydrogen-bond acceptors (Lipinski definition) is 5. The van der Waals surface area contributed by atoms with Crippen molar-refractivity contribution < 1.29 is 19.4 Å². The monoisotopic (exact) mass is 316 g/mol. The fourth-order valence-corrected chi connectivity index (χ4v) is 1.99. The number of benzene rings is 1. The van der Waals surface area contributed by atoms with Crippen LogP contribution in [0.3, 0.4) is 0 Å². The van der Waals surface area contributed by atoms with Gasteiger partial charge in [-0.15, -0.1) is 0 Å². The molecule has 0 aliphatic heterocycles. The van der Waals surface area contributed by atoms with Gasteiger partial charge in [-0.3, -0.25) is 4.79 Å². The summed E-state index contributed by atoms with van der Waals surface area (Å²) in [7, 11) is 1.49. The van der Waals surface area contributed by atoms with E-state index in [1.807, 2.05) is 0 Å². The number of amides is 1. The van der Waals surface area contributed by atoms with Gasteiger partial charge in [0, 0.05) is 6.54 Å². The van der Waals surface area contributed by atoms with Crippen molar-refractivity contribution in [3.05, 3.63) is 22.7 Å². The summed E-state index contributed by atoms with van der Waals surface area (Å²) < 4.78 is 10.5. The molecule has 0 aliphatic rings. The predicted octanol–water partition coefficient (Wildman–Crippen LogP) is 1.07. The van der Waals surface area contributed by atoms with Crippen molar-refractivity contribution in [2.24, 2.45) is 5.73 Å². The number of nitrogens with two attached hydrogens (primary N) is 1. The lowest BCUT2D eigenvalue weighted by atomic mass is 10.2. The second kappa shape index (κ2) is 8.71. The second-order valence-electron chi connectivity index (χ2n) is 4.68. The van der Waals surface area contributed by atoms with E-state index in [9.17, 15) is 9.90 Å². The van der Waals surface area contributed by atoms with Gasteiger partial charge < -0.3 is 25.6 Å². The van der Waals surface area contributed by atoms with Crippen LogP contribution in [-0.2, 0) is 11.3 Å². The van der Waals surface area contributed by atoms with E-state index in [1.165, 1.54) is 7.11 Å². The molecule has 0 saturated carbocycles. The highest BCUT2D eigenvalue weighted by Crippen LogP contribution is 2.36. The van der Waals surface area contributed by atoms with Gasteiger partial charge in [0.05, 0.1) is 18.2 Å². The first-order valence-corrected chi connectivity index (χ1v) is 6.98. The van der Waals surface area contributed by atoms with E-state index in [2.05, 4.69) is 5.32 Å². The van der Waals surface area contributed by atoms with Crippen LogP contribution in [0.1, 0.15) is 18.9 Å². The van der Waals surface area contributed by atoms with Crippen LogP contribution >= 0.6 is 11.6 Å². The van der Waals surface area contributed by atoms with Crippen molar-refractivity contribution in [3.63, 3.8) is 0 Å². The molecule has 6 nitrogen and oxygen atoms in total. The van der Waals surface area contributed by atoms with Crippen molar-refractivity contribution in [2.75, 3.05) is 20.3 Å². The molecule has 21 heavy (non-hydrogen) atoms. The summed E-state index contributed by atoms with van der Waals surface area (Å²) >= 11 is 6.14. The van der Waals surface area contributed by atoms with Crippen molar-refractivity contribution in [1.82, 2.24) is 5.32 Å². The Morgan fingerprint density at radius 1 is 1.52 bits per heavy atom. The molecule has 4 N–H and O–H groups in total. The minimum atomic E-state index is -0.586. The maximum absolute atomic E-state index is 10.8. The lowest BCUT2D eigenvalue weighted by molar-refractivity contribution is -0.119. The Bertz CT molecular complexity index is 480. The number of nitrogens with one attached hydrogen (secondary N) is 1. The highest BCUT2D eigenvalue weighted by molar-refractivity contribution is 6.32. The van der Waals surface area contributed by atoms with Gasteiger partial charge >= 0.3 is 0 Å². The lowest BCUT2D eigenvalue weighted by Crippen LogP contribution is -2.20. The molecule has 1 aromatic rings. The number of hydrogen-bond donors (Lipinski definition) is 3. The number of ether oxygens (including phenoxy) is 2. The molecule has 1 aromatic carbocycles. The van der Waals surface area contributed by atoms with Gasteiger partial charge in [-0.2, -0.15) is 0 Å². The summed E-state index contributed by atoms with van der Waals surface area (Å²) in [6, 6.07) is 3.51. The zero-order valence-electron chi connectivity index (χ0n) is 12.2. The topological polar surface area (TPSA) is 93.8 Å². The van der Waals surface area contributed by atoms with Gasteiger partial charge in [-0.05, 0) is 37.6 Å². The minimum absolute atomic E-state index is 0.262. The van der Waals surface area contributed by atoms with Crippen LogP contribution in [0.25, 0.3) is 0 Å². The molecule has 0 bridgehead atoms. The number of rotatable bonds is 9. The first-order valence-electron chi connectivity index (χ1n) is 6.60. The van der Waals surface area contributed by atoms with E-state index in [-0.39, 0.29) is 12.7 Å². The van der Waals surface area contributed by atoms with E-state index >= 15 is 0 Å². The molecule has 0 aromatic heterocycles. The third-order valence-corrected chi connectivity index (χ3v) is 3.00. The zero-order chi connectivity index (χ0) is 15.8. The summed E-state index contributed by atoms with van der Waals surface area (Å²) in [5.41, 5.74) is 5.95. The van der Waals surface area contributed by atoms with E-state index in [0.29, 0.717) is 36.0 Å². The smallest absolute Gasteiger partial charge is 0.255 e. The molecule has 0 aliphatic carbocycles. The molecular weight excluding hydrogens is 296 g/mol. The van der Waals surface area contributed by atoms with Crippen molar-refractivity contribution in [1.29, 1.82) is 0 Å². The Morgan fingerprint density at radius 3 is 2.81 bits per heavy atom. The number of halogens is 1. The van der Waals surface area contributed by atoms with Crippen molar-refractivity contribution in [3.8, 4) is 11.5 Å². The van der Waals surface area contributed by atoms with Gasteiger partial charge in [-0.25, -0.2) is 0 Å². The average molecular weight is 317 g/mol. The molecule has 0 heterocycles. The molecule has 1 unspecified atom stereocenters. The molecule has 0 spiro atoms. The Hall–Kier alpha value is -1.50. The Kier molecular flexibility index (Phi) is 7.28. The number of methoxy groups -OCH3 is 1. The van der Waals surface area contributed by atoms with Crippen molar-refractivity contribution in [2.45, 2.75) is 26.0 Å². The quantitative estimate of drug-likeness (QED) is 0.593. The van der Waals surface area contributed by atoms with E-state index in [4.69, 9.17) is 26.8 Å². The van der Waals surface area contributed by atoms with Gasteiger partial charge in [0.25, 0.3) is 5.91 Å². The molecule has 118 valence electrons. The molecule has 1 rings (SSSR count). The summed E-state index contributed by atoms with van der Waals surface area (Å²) in [5.74, 6) is 0.152. The van der Waals surface area contributed by atoms with Crippen molar-refractivity contribution >= 4 is 17.5 Å². The summed E-state index contributed by atoms with van der Waals surface area (Å²) in [6.45, 7) is 2.75. The van der Waals surface area contributed by atoms with Crippen LogP contribution in [0.2, 0.25) is 5.02 Å². The van der Waals surface area contributed by atoms with E-state index < -0.39 is 5.91 Å². The number of primary amides is 1. The largest absolute Gasteiger partial charge is 0.493 e. The number of carbonyl (C=O) groups excluding carboxylic acids is 1. The Balaban J connectivity index is 2.71.